The average Bonchev–Trinajstić information content (AvgIpc) is 2.50. The zero-order valence-corrected chi connectivity index (χ0v) is 11.8. The summed E-state index contributed by atoms with van der Waals surface area (Å²) in [6.45, 7) is 2.36. The van der Waals surface area contributed by atoms with E-state index in [0.717, 1.165) is 11.1 Å². The highest BCUT2D eigenvalue weighted by Gasteiger charge is 2.09. The van der Waals surface area contributed by atoms with E-state index in [9.17, 15) is 0 Å². The number of hydrogen-bond donors (Lipinski definition) is 1. The van der Waals surface area contributed by atoms with Gasteiger partial charge in [0.05, 0.1) is 17.3 Å². The molecule has 0 radical (unpaired) electrons. The molecule has 0 unspecified atom stereocenters. The minimum atomic E-state index is 0.0113. The van der Waals surface area contributed by atoms with Crippen molar-refractivity contribution in [3.8, 4) is 0 Å². The summed E-state index contributed by atoms with van der Waals surface area (Å²) in [6.07, 6.45) is 1.57. The largest absolute Gasteiger partial charge is 0.396 e. The molecule has 0 bridgehead atoms. The maximum atomic E-state index is 9.07. The molecule has 2 aromatic rings. The minimum absolute atomic E-state index is 0.0113. The highest BCUT2D eigenvalue weighted by Crippen LogP contribution is 2.13. The van der Waals surface area contributed by atoms with Crippen molar-refractivity contribution < 1.29 is 9.94 Å². The lowest BCUT2D eigenvalue weighted by Crippen LogP contribution is -2.07. The second-order valence-corrected chi connectivity index (χ2v) is 4.51. The molecule has 0 atom stereocenters. The molecule has 0 saturated heterocycles. The van der Waals surface area contributed by atoms with Gasteiger partial charge in [-0.1, -0.05) is 41.0 Å². The van der Waals surface area contributed by atoms with E-state index in [4.69, 9.17) is 21.5 Å². The molecule has 0 saturated carbocycles. The fourth-order valence-electron chi connectivity index (χ4n) is 1.66. The summed E-state index contributed by atoms with van der Waals surface area (Å²) < 4.78 is 0. The lowest BCUT2D eigenvalue weighted by atomic mass is 10.1. The lowest BCUT2D eigenvalue weighted by molar-refractivity contribution is 0.159. The Labute approximate surface area is 122 Å². The first-order chi connectivity index (χ1) is 9.74. The number of nitrogens with zero attached hydrogens (tertiary/aromatic N) is 2. The number of aromatic nitrogens is 1. The number of halogens is 1. The van der Waals surface area contributed by atoms with Gasteiger partial charge in [-0.2, -0.15) is 0 Å². The van der Waals surface area contributed by atoms with E-state index < -0.39 is 0 Å². The molecule has 20 heavy (non-hydrogen) atoms. The molecule has 5 heteroatoms. The third-order valence-electron chi connectivity index (χ3n) is 2.66. The first-order valence-corrected chi connectivity index (χ1v) is 6.64. The predicted octanol–water partition coefficient (Wildman–Crippen LogP) is 3.02. The van der Waals surface area contributed by atoms with Gasteiger partial charge in [0, 0.05) is 11.8 Å². The summed E-state index contributed by atoms with van der Waals surface area (Å²) >= 11 is 5.84. The van der Waals surface area contributed by atoms with Gasteiger partial charge in [0.1, 0.15) is 12.3 Å². The van der Waals surface area contributed by atoms with Crippen LogP contribution < -0.4 is 0 Å². The van der Waals surface area contributed by atoms with Gasteiger partial charge in [-0.15, -0.1) is 0 Å². The van der Waals surface area contributed by atoms with Gasteiger partial charge < -0.3 is 9.94 Å². The molecule has 0 spiro atoms. The first kappa shape index (κ1) is 14.5. The van der Waals surface area contributed by atoms with Crippen molar-refractivity contribution in [1.29, 1.82) is 0 Å². The summed E-state index contributed by atoms with van der Waals surface area (Å²) in [5, 5.41) is 13.8. The zero-order valence-electron chi connectivity index (χ0n) is 11.1. The molecule has 104 valence electrons. The van der Waals surface area contributed by atoms with Gasteiger partial charge in [0.2, 0.25) is 0 Å². The van der Waals surface area contributed by atoms with Crippen molar-refractivity contribution in [2.75, 3.05) is 6.61 Å². The van der Waals surface area contributed by atoms with E-state index in [0.29, 0.717) is 23.0 Å². The van der Waals surface area contributed by atoms with E-state index in [2.05, 4.69) is 10.1 Å². The van der Waals surface area contributed by atoms with E-state index in [1.54, 1.807) is 18.3 Å². The van der Waals surface area contributed by atoms with Crippen LogP contribution in [0.4, 0.5) is 0 Å². The molecular formula is C15H15ClN2O2. The molecule has 0 aliphatic rings. The SMILES string of the molecule is CCO/N=C(/c1ccc(CO)cc1)c1ccc(Cl)cn1. The monoisotopic (exact) mass is 290 g/mol. The second kappa shape index (κ2) is 7.03. The maximum absolute atomic E-state index is 9.07. The fraction of sp³-hybridized carbons (Fsp3) is 0.200. The van der Waals surface area contributed by atoms with Crippen molar-refractivity contribution in [3.63, 3.8) is 0 Å². The van der Waals surface area contributed by atoms with Crippen molar-refractivity contribution in [3.05, 3.63) is 64.4 Å². The lowest BCUT2D eigenvalue weighted by Gasteiger charge is -2.07. The Morgan fingerprint density at radius 2 is 2.00 bits per heavy atom. The number of oxime groups is 1. The molecule has 1 aromatic heterocycles. The van der Waals surface area contributed by atoms with Gasteiger partial charge in [-0.05, 0) is 24.6 Å². The summed E-state index contributed by atoms with van der Waals surface area (Å²) in [7, 11) is 0. The third-order valence-corrected chi connectivity index (χ3v) is 2.89. The average molecular weight is 291 g/mol. The summed E-state index contributed by atoms with van der Waals surface area (Å²) in [4.78, 5) is 9.42. The van der Waals surface area contributed by atoms with Gasteiger partial charge >= 0.3 is 0 Å². The maximum Gasteiger partial charge on any atom is 0.135 e. The van der Waals surface area contributed by atoms with Crippen molar-refractivity contribution in [2.45, 2.75) is 13.5 Å². The quantitative estimate of drug-likeness (QED) is 0.680. The van der Waals surface area contributed by atoms with E-state index in [1.807, 2.05) is 31.2 Å². The van der Waals surface area contributed by atoms with Gasteiger partial charge in [-0.3, -0.25) is 4.98 Å². The highest BCUT2D eigenvalue weighted by molar-refractivity contribution is 6.30. The second-order valence-electron chi connectivity index (χ2n) is 4.07. The van der Waals surface area contributed by atoms with Crippen LogP contribution in [-0.4, -0.2) is 22.4 Å². The van der Waals surface area contributed by atoms with Crippen LogP contribution in [-0.2, 0) is 11.4 Å². The molecule has 1 aromatic carbocycles. The third kappa shape index (κ3) is 3.56. The van der Waals surface area contributed by atoms with E-state index in [-0.39, 0.29) is 6.61 Å². The van der Waals surface area contributed by atoms with Crippen LogP contribution >= 0.6 is 11.6 Å². The van der Waals surface area contributed by atoms with Crippen LogP contribution in [0.2, 0.25) is 5.02 Å². The van der Waals surface area contributed by atoms with Crippen molar-refractivity contribution in [1.82, 2.24) is 4.98 Å². The number of pyridine rings is 1. The molecule has 1 N–H and O–H groups in total. The Morgan fingerprint density at radius 1 is 1.25 bits per heavy atom. The number of hydrogen-bond acceptors (Lipinski definition) is 4. The molecule has 0 fully saturated rings. The molecule has 4 nitrogen and oxygen atoms in total. The normalized spacial score (nSPS) is 11.4. The standard InChI is InChI=1S/C15H15ClN2O2/c1-2-20-18-15(14-8-7-13(16)9-17-14)12-5-3-11(10-19)4-6-12/h3-9,19H,2,10H2,1H3/b18-15-. The Balaban J connectivity index is 2.38. The van der Waals surface area contributed by atoms with Gasteiger partial charge in [-0.25, -0.2) is 0 Å². The van der Waals surface area contributed by atoms with Gasteiger partial charge in [0.15, 0.2) is 0 Å². The van der Waals surface area contributed by atoms with Crippen LogP contribution in [0.25, 0.3) is 0 Å². The molecule has 0 aliphatic carbocycles. The zero-order chi connectivity index (χ0) is 14.4. The van der Waals surface area contributed by atoms with Crippen LogP contribution in [0.5, 0.6) is 0 Å². The first-order valence-electron chi connectivity index (χ1n) is 6.26. The fourth-order valence-corrected chi connectivity index (χ4v) is 1.77. The number of rotatable bonds is 5. The smallest absolute Gasteiger partial charge is 0.135 e. The minimum Gasteiger partial charge on any atom is -0.396 e. The predicted molar refractivity (Wildman–Crippen MR) is 78.9 cm³/mol. The number of aliphatic hydroxyl groups is 1. The van der Waals surface area contributed by atoms with Crippen LogP contribution in [0.15, 0.2) is 47.8 Å². The summed E-state index contributed by atoms with van der Waals surface area (Å²) in [6, 6.07) is 11.0. The Morgan fingerprint density at radius 3 is 2.55 bits per heavy atom. The highest BCUT2D eigenvalue weighted by atomic mass is 35.5. The van der Waals surface area contributed by atoms with E-state index >= 15 is 0 Å². The number of aliphatic hydroxyl groups excluding tert-OH is 1. The Kier molecular flexibility index (Phi) is 5.09. The molecular weight excluding hydrogens is 276 g/mol. The molecule has 0 amide bonds. The summed E-state index contributed by atoms with van der Waals surface area (Å²) in [5.74, 6) is 0. The molecule has 0 aliphatic heterocycles. The Bertz CT molecular complexity index is 580. The molecule has 2 rings (SSSR count). The van der Waals surface area contributed by atoms with Crippen LogP contribution in [0.3, 0.4) is 0 Å². The Hall–Kier alpha value is -1.91. The topological polar surface area (TPSA) is 54.7 Å². The van der Waals surface area contributed by atoms with Crippen LogP contribution in [0, 0.1) is 0 Å². The number of benzene rings is 1. The van der Waals surface area contributed by atoms with Crippen molar-refractivity contribution >= 4 is 17.3 Å². The van der Waals surface area contributed by atoms with E-state index in [1.165, 1.54) is 0 Å². The van der Waals surface area contributed by atoms with Gasteiger partial charge in [0.25, 0.3) is 0 Å². The van der Waals surface area contributed by atoms with Crippen molar-refractivity contribution in [2.24, 2.45) is 5.16 Å². The molecule has 1 heterocycles. The summed E-state index contributed by atoms with van der Waals surface area (Å²) in [5.41, 5.74) is 3.02. The van der Waals surface area contributed by atoms with Crippen LogP contribution in [0.1, 0.15) is 23.7 Å².